The van der Waals surface area contributed by atoms with Gasteiger partial charge in [-0.25, -0.2) is 14.7 Å². The maximum Gasteiger partial charge on any atom is 0.275 e. The molecular weight excluding hydrogens is 406 g/mol. The number of nitrogens with zero attached hydrogens (tertiary/aromatic N) is 5. The number of amides is 3. The molecule has 0 N–H and O–H groups in total. The number of hydrogen-bond acceptors (Lipinski definition) is 4. The number of rotatable bonds is 5. The first-order valence-corrected chi connectivity index (χ1v) is 10.5. The van der Waals surface area contributed by atoms with Crippen LogP contribution in [-0.2, 0) is 4.79 Å². The summed E-state index contributed by atoms with van der Waals surface area (Å²) in [4.78, 5) is 40.2. The second-order valence-corrected chi connectivity index (χ2v) is 7.72. The third-order valence-corrected chi connectivity index (χ3v) is 5.53. The molecule has 3 aromatic rings. The minimum Gasteiger partial charge on any atom is -0.332 e. The van der Waals surface area contributed by atoms with E-state index in [0.29, 0.717) is 36.3 Å². The fourth-order valence-corrected chi connectivity index (χ4v) is 3.83. The van der Waals surface area contributed by atoms with Gasteiger partial charge in [0, 0.05) is 25.7 Å². The highest BCUT2D eigenvalue weighted by atomic mass is 16.2. The van der Waals surface area contributed by atoms with Crippen LogP contribution in [0.3, 0.4) is 0 Å². The van der Waals surface area contributed by atoms with Crippen LogP contribution in [0.5, 0.6) is 0 Å². The zero-order valence-electron chi connectivity index (χ0n) is 18.1. The Labute approximate surface area is 186 Å². The normalized spacial score (nSPS) is 13.3. The molecule has 3 amide bonds. The summed E-state index contributed by atoms with van der Waals surface area (Å²) in [5, 5.41) is 7.27. The molecule has 8 nitrogen and oxygen atoms in total. The SMILES string of the molecule is Cc1c(C(=O)N2CCCN2C(=O)CN(C)C(=O)c2ccccc2)cnn1-c1ccccc1. The number of hydrazine groups is 1. The van der Waals surface area contributed by atoms with Gasteiger partial charge >= 0.3 is 0 Å². The van der Waals surface area contributed by atoms with Crippen molar-refractivity contribution < 1.29 is 14.4 Å². The second-order valence-electron chi connectivity index (χ2n) is 7.72. The predicted molar refractivity (Wildman–Crippen MR) is 119 cm³/mol. The van der Waals surface area contributed by atoms with Crippen LogP contribution in [0.2, 0.25) is 0 Å². The maximum absolute atomic E-state index is 13.3. The van der Waals surface area contributed by atoms with Gasteiger partial charge in [-0.15, -0.1) is 0 Å². The molecule has 1 aliphatic rings. The van der Waals surface area contributed by atoms with Crippen LogP contribution in [0, 0.1) is 6.92 Å². The van der Waals surface area contributed by atoms with Gasteiger partial charge in [-0.05, 0) is 37.6 Å². The number of aromatic nitrogens is 2. The fourth-order valence-electron chi connectivity index (χ4n) is 3.83. The van der Waals surface area contributed by atoms with Crippen molar-refractivity contribution in [3.8, 4) is 5.69 Å². The van der Waals surface area contributed by atoms with Crippen LogP contribution in [0.4, 0.5) is 0 Å². The lowest BCUT2D eigenvalue weighted by Crippen LogP contribution is -2.49. The van der Waals surface area contributed by atoms with Gasteiger partial charge in [0.25, 0.3) is 17.7 Å². The Balaban J connectivity index is 1.48. The molecule has 0 radical (unpaired) electrons. The van der Waals surface area contributed by atoms with Crippen molar-refractivity contribution in [2.45, 2.75) is 13.3 Å². The lowest BCUT2D eigenvalue weighted by Gasteiger charge is -2.29. The van der Waals surface area contributed by atoms with Crippen molar-refractivity contribution in [2.24, 2.45) is 0 Å². The van der Waals surface area contributed by atoms with Gasteiger partial charge in [-0.2, -0.15) is 5.10 Å². The fraction of sp³-hybridized carbons (Fsp3) is 0.250. The Morgan fingerprint density at radius 3 is 2.25 bits per heavy atom. The zero-order valence-corrected chi connectivity index (χ0v) is 18.1. The van der Waals surface area contributed by atoms with Crippen molar-refractivity contribution in [3.05, 3.63) is 83.7 Å². The molecule has 1 fully saturated rings. The Hall–Kier alpha value is -3.94. The zero-order chi connectivity index (χ0) is 22.7. The quantitative estimate of drug-likeness (QED) is 0.622. The van der Waals surface area contributed by atoms with Crippen LogP contribution >= 0.6 is 0 Å². The van der Waals surface area contributed by atoms with Gasteiger partial charge < -0.3 is 4.90 Å². The highest BCUT2D eigenvalue weighted by Crippen LogP contribution is 2.20. The number of para-hydroxylation sites is 1. The van der Waals surface area contributed by atoms with E-state index in [-0.39, 0.29) is 24.3 Å². The van der Waals surface area contributed by atoms with E-state index in [1.165, 1.54) is 21.1 Å². The van der Waals surface area contributed by atoms with E-state index < -0.39 is 0 Å². The van der Waals surface area contributed by atoms with Crippen LogP contribution in [0.15, 0.2) is 66.9 Å². The summed E-state index contributed by atoms with van der Waals surface area (Å²) in [6, 6.07) is 18.4. The molecule has 8 heteroatoms. The lowest BCUT2D eigenvalue weighted by molar-refractivity contribution is -0.141. The molecule has 4 rings (SSSR count). The average Bonchev–Trinajstić information content (AvgIpc) is 3.46. The summed E-state index contributed by atoms with van der Waals surface area (Å²) in [6.45, 7) is 2.60. The number of benzene rings is 2. The Kier molecular flexibility index (Phi) is 6.02. The number of likely N-dealkylation sites (N-methyl/N-ethyl adjacent to an activating group) is 1. The Morgan fingerprint density at radius 2 is 1.56 bits per heavy atom. The third kappa shape index (κ3) is 4.12. The third-order valence-electron chi connectivity index (χ3n) is 5.53. The van der Waals surface area contributed by atoms with Gasteiger partial charge in [-0.3, -0.25) is 14.4 Å². The summed E-state index contributed by atoms with van der Waals surface area (Å²) in [5.41, 5.74) is 2.53. The molecule has 0 bridgehead atoms. The summed E-state index contributed by atoms with van der Waals surface area (Å²) >= 11 is 0. The van der Waals surface area contributed by atoms with Crippen molar-refractivity contribution in [1.82, 2.24) is 24.7 Å². The highest BCUT2D eigenvalue weighted by Gasteiger charge is 2.33. The average molecular weight is 431 g/mol. The predicted octanol–water partition coefficient (Wildman–Crippen LogP) is 2.54. The molecule has 1 saturated heterocycles. The van der Waals surface area contributed by atoms with Crippen LogP contribution < -0.4 is 0 Å². The van der Waals surface area contributed by atoms with E-state index in [2.05, 4.69) is 5.10 Å². The van der Waals surface area contributed by atoms with Gasteiger partial charge in [0.1, 0.15) is 6.54 Å². The van der Waals surface area contributed by atoms with Gasteiger partial charge in [-0.1, -0.05) is 36.4 Å². The van der Waals surface area contributed by atoms with Crippen LogP contribution in [0.25, 0.3) is 5.69 Å². The van der Waals surface area contributed by atoms with E-state index in [4.69, 9.17) is 0 Å². The molecule has 1 aromatic heterocycles. The molecule has 2 aromatic carbocycles. The van der Waals surface area contributed by atoms with Crippen molar-refractivity contribution in [2.75, 3.05) is 26.7 Å². The van der Waals surface area contributed by atoms with Crippen molar-refractivity contribution in [1.29, 1.82) is 0 Å². The monoisotopic (exact) mass is 431 g/mol. The number of carbonyl (C=O) groups is 3. The standard InChI is InChI=1S/C24H25N5O3/c1-18-21(16-25-29(18)20-12-7-4-8-13-20)24(32)28-15-9-14-27(28)22(30)17-26(2)23(31)19-10-5-3-6-11-19/h3-8,10-13,16H,9,14-15,17H2,1-2H3. The minimum atomic E-state index is -0.296. The first-order valence-electron chi connectivity index (χ1n) is 10.5. The first kappa shape index (κ1) is 21.3. The lowest BCUT2D eigenvalue weighted by atomic mass is 10.2. The van der Waals surface area contributed by atoms with Crippen LogP contribution in [0.1, 0.15) is 32.8 Å². The molecular formula is C24H25N5O3. The van der Waals surface area contributed by atoms with E-state index in [1.54, 1.807) is 36.0 Å². The first-order chi connectivity index (χ1) is 15.5. The smallest absolute Gasteiger partial charge is 0.275 e. The topological polar surface area (TPSA) is 78.8 Å². The number of hydrogen-bond donors (Lipinski definition) is 0. The summed E-state index contributed by atoms with van der Waals surface area (Å²) in [6.07, 6.45) is 2.22. The van der Waals surface area contributed by atoms with E-state index >= 15 is 0 Å². The molecule has 0 spiro atoms. The van der Waals surface area contributed by atoms with Crippen molar-refractivity contribution >= 4 is 17.7 Å². The molecule has 1 aliphatic heterocycles. The molecule has 0 unspecified atom stereocenters. The maximum atomic E-state index is 13.3. The van der Waals surface area contributed by atoms with E-state index in [0.717, 1.165) is 5.69 Å². The van der Waals surface area contributed by atoms with Crippen LogP contribution in [-0.4, -0.2) is 69.1 Å². The largest absolute Gasteiger partial charge is 0.332 e. The molecule has 0 aliphatic carbocycles. The van der Waals surface area contributed by atoms with E-state index in [9.17, 15) is 14.4 Å². The Morgan fingerprint density at radius 1 is 0.938 bits per heavy atom. The molecule has 0 saturated carbocycles. The Bertz CT molecular complexity index is 1130. The summed E-state index contributed by atoms with van der Waals surface area (Å²) in [5.74, 6) is -0.806. The second kappa shape index (κ2) is 9.05. The highest BCUT2D eigenvalue weighted by molar-refractivity contribution is 5.98. The molecule has 32 heavy (non-hydrogen) atoms. The van der Waals surface area contributed by atoms with E-state index in [1.807, 2.05) is 43.3 Å². The molecule has 164 valence electrons. The minimum absolute atomic E-state index is 0.111. The van der Waals surface area contributed by atoms with Gasteiger partial charge in [0.2, 0.25) is 0 Å². The summed E-state index contributed by atoms with van der Waals surface area (Å²) < 4.78 is 1.71. The number of carbonyl (C=O) groups excluding carboxylic acids is 3. The molecule has 2 heterocycles. The van der Waals surface area contributed by atoms with Crippen molar-refractivity contribution in [3.63, 3.8) is 0 Å². The van der Waals surface area contributed by atoms with Gasteiger partial charge in [0.05, 0.1) is 23.1 Å². The van der Waals surface area contributed by atoms with Gasteiger partial charge in [0.15, 0.2) is 0 Å². The molecule has 0 atom stereocenters. The summed E-state index contributed by atoms with van der Waals surface area (Å²) in [7, 11) is 1.59.